The number of aliphatic imine (C=N–C) groups is 1. The molecule has 198 valence electrons. The number of nitrogens with one attached hydrogen (secondary N) is 1. The van der Waals surface area contributed by atoms with E-state index in [1.165, 1.54) is 12.1 Å². The number of hydrogen-bond acceptors (Lipinski definition) is 6. The van der Waals surface area contributed by atoms with Gasteiger partial charge in [0.1, 0.15) is 17.3 Å². The number of benzene rings is 3. The lowest BCUT2D eigenvalue weighted by Crippen LogP contribution is -2.19. The summed E-state index contributed by atoms with van der Waals surface area (Å²) < 4.78 is 26.6. The van der Waals surface area contributed by atoms with Gasteiger partial charge in [0.05, 0.1) is 29.7 Å². The van der Waals surface area contributed by atoms with Crippen molar-refractivity contribution in [2.45, 2.75) is 39.5 Å². The number of ether oxygens (including phenoxy) is 2. The Bertz CT molecular complexity index is 1440. The lowest BCUT2D eigenvalue weighted by atomic mass is 9.94. The van der Waals surface area contributed by atoms with Crippen LogP contribution in [0.5, 0.6) is 11.5 Å². The van der Waals surface area contributed by atoms with Crippen LogP contribution in [0.15, 0.2) is 58.4 Å². The molecule has 1 atom stereocenters. The highest BCUT2D eigenvalue weighted by Crippen LogP contribution is 2.40. The Kier molecular flexibility index (Phi) is 8.68. The van der Waals surface area contributed by atoms with Gasteiger partial charge in [-0.25, -0.2) is 9.38 Å². The standard InChI is InChI=1S/C29H29FN2O5S/c1-4-9-22(28(34)35)19-13-12-18(16-23(19)30)31-29-32-27(33)25(38-29)15-17-14-24(36-5-2)20-10-7-8-11-21(20)26(17)37-6-3/h7-8,10-16,22H,4-6,9H2,1-3H3,(H,34,35)(H,31,32,33)/b25-15-. The van der Waals surface area contributed by atoms with E-state index in [-0.39, 0.29) is 17.2 Å². The molecule has 3 aromatic carbocycles. The molecule has 0 aromatic heterocycles. The topological polar surface area (TPSA) is 97.2 Å². The maximum atomic E-state index is 14.8. The fourth-order valence-electron chi connectivity index (χ4n) is 4.33. The number of aliphatic carboxylic acids is 1. The third kappa shape index (κ3) is 5.83. The van der Waals surface area contributed by atoms with Crippen LogP contribution >= 0.6 is 11.8 Å². The molecule has 4 rings (SSSR count). The molecule has 1 aliphatic rings. The predicted octanol–water partition coefficient (Wildman–Crippen LogP) is 6.64. The van der Waals surface area contributed by atoms with Crippen molar-refractivity contribution >= 4 is 51.3 Å². The van der Waals surface area contributed by atoms with Crippen LogP contribution in [-0.2, 0) is 9.59 Å². The zero-order valence-electron chi connectivity index (χ0n) is 21.4. The minimum atomic E-state index is -1.06. The van der Waals surface area contributed by atoms with Crippen LogP contribution in [0, 0.1) is 5.82 Å². The molecular weight excluding hydrogens is 507 g/mol. The molecule has 2 N–H and O–H groups in total. The van der Waals surface area contributed by atoms with E-state index in [1.54, 1.807) is 12.1 Å². The van der Waals surface area contributed by atoms with E-state index < -0.39 is 17.7 Å². The molecule has 7 nitrogen and oxygen atoms in total. The van der Waals surface area contributed by atoms with Gasteiger partial charge in [-0.1, -0.05) is 43.7 Å². The van der Waals surface area contributed by atoms with E-state index in [0.29, 0.717) is 53.2 Å². The average molecular weight is 537 g/mol. The number of carbonyl (C=O) groups is 2. The lowest BCUT2D eigenvalue weighted by Gasteiger charge is -2.15. The summed E-state index contributed by atoms with van der Waals surface area (Å²) in [6, 6.07) is 13.8. The van der Waals surface area contributed by atoms with Crippen LogP contribution < -0.4 is 14.8 Å². The first-order valence-electron chi connectivity index (χ1n) is 12.5. The van der Waals surface area contributed by atoms with Crippen LogP contribution in [0.2, 0.25) is 0 Å². The summed E-state index contributed by atoms with van der Waals surface area (Å²) in [7, 11) is 0. The quantitative estimate of drug-likeness (QED) is 0.282. The second kappa shape index (κ2) is 12.1. The number of fused-ring (bicyclic) bond motifs is 1. The number of carboxylic acid groups (broad SMARTS) is 1. The minimum absolute atomic E-state index is 0.122. The van der Waals surface area contributed by atoms with Gasteiger partial charge in [0.15, 0.2) is 5.17 Å². The number of amides is 1. The molecule has 1 amide bonds. The van der Waals surface area contributed by atoms with Gasteiger partial charge in [-0.2, -0.15) is 0 Å². The van der Waals surface area contributed by atoms with Gasteiger partial charge in [0, 0.05) is 21.9 Å². The van der Waals surface area contributed by atoms with Crippen molar-refractivity contribution < 1.29 is 28.6 Å². The molecule has 1 fully saturated rings. The Morgan fingerprint density at radius 2 is 1.84 bits per heavy atom. The molecule has 0 spiro atoms. The van der Waals surface area contributed by atoms with Crippen molar-refractivity contribution in [2.75, 3.05) is 13.2 Å². The van der Waals surface area contributed by atoms with Crippen molar-refractivity contribution in [3.8, 4) is 11.5 Å². The van der Waals surface area contributed by atoms with E-state index in [0.717, 1.165) is 22.5 Å². The summed E-state index contributed by atoms with van der Waals surface area (Å²) in [4.78, 5) is 29.1. The molecule has 0 aliphatic carbocycles. The van der Waals surface area contributed by atoms with Gasteiger partial charge in [0.2, 0.25) is 0 Å². The summed E-state index contributed by atoms with van der Waals surface area (Å²) in [6.07, 6.45) is 2.69. The van der Waals surface area contributed by atoms with E-state index in [2.05, 4.69) is 10.3 Å². The molecule has 3 aromatic rings. The van der Waals surface area contributed by atoms with Gasteiger partial charge in [-0.3, -0.25) is 9.59 Å². The highest BCUT2D eigenvalue weighted by atomic mass is 32.2. The van der Waals surface area contributed by atoms with E-state index in [9.17, 15) is 19.1 Å². The summed E-state index contributed by atoms with van der Waals surface area (Å²) in [6.45, 7) is 6.60. The summed E-state index contributed by atoms with van der Waals surface area (Å²) in [5, 5.41) is 14.3. The Labute approximate surface area is 224 Å². The van der Waals surface area contributed by atoms with Gasteiger partial charge in [-0.15, -0.1) is 0 Å². The number of thioether (sulfide) groups is 1. The zero-order chi connectivity index (χ0) is 27.2. The van der Waals surface area contributed by atoms with Gasteiger partial charge < -0.3 is 19.9 Å². The number of halogens is 1. The summed E-state index contributed by atoms with van der Waals surface area (Å²) in [5.74, 6) is -1.62. The molecule has 1 aliphatic heterocycles. The maximum absolute atomic E-state index is 14.8. The van der Waals surface area contributed by atoms with Crippen molar-refractivity contribution in [2.24, 2.45) is 4.99 Å². The van der Waals surface area contributed by atoms with Crippen LogP contribution in [-0.4, -0.2) is 35.4 Å². The molecule has 0 radical (unpaired) electrons. The fourth-order valence-corrected chi connectivity index (χ4v) is 5.16. The van der Waals surface area contributed by atoms with Crippen molar-refractivity contribution in [1.82, 2.24) is 5.32 Å². The third-order valence-electron chi connectivity index (χ3n) is 5.98. The highest BCUT2D eigenvalue weighted by Gasteiger charge is 2.26. The smallest absolute Gasteiger partial charge is 0.311 e. The number of hydrogen-bond donors (Lipinski definition) is 2. The van der Waals surface area contributed by atoms with Crippen LogP contribution in [0.3, 0.4) is 0 Å². The molecule has 1 heterocycles. The lowest BCUT2D eigenvalue weighted by molar-refractivity contribution is -0.139. The van der Waals surface area contributed by atoms with E-state index in [1.807, 2.05) is 51.1 Å². The van der Waals surface area contributed by atoms with Crippen LogP contribution in [0.1, 0.15) is 50.7 Å². The predicted molar refractivity (Wildman–Crippen MR) is 149 cm³/mol. The second-order valence-corrected chi connectivity index (χ2v) is 9.60. The zero-order valence-corrected chi connectivity index (χ0v) is 22.2. The molecule has 38 heavy (non-hydrogen) atoms. The molecule has 1 unspecified atom stereocenters. The summed E-state index contributed by atoms with van der Waals surface area (Å²) in [5.41, 5.74) is 1.09. The molecule has 9 heteroatoms. The fraction of sp³-hybridized carbons (Fsp3) is 0.276. The normalized spacial score (nSPS) is 16.2. The number of carboxylic acids is 1. The Morgan fingerprint density at radius 3 is 2.50 bits per heavy atom. The molecule has 1 saturated heterocycles. The largest absolute Gasteiger partial charge is 0.493 e. The number of nitrogens with zero attached hydrogens (tertiary/aromatic N) is 1. The number of rotatable bonds is 10. The van der Waals surface area contributed by atoms with E-state index in [4.69, 9.17) is 9.47 Å². The first-order chi connectivity index (χ1) is 18.4. The minimum Gasteiger partial charge on any atom is -0.493 e. The SMILES string of the molecule is CCCC(C(=O)O)c1ccc(N=C2NC(=O)/C(=C/c3cc(OCC)c4ccccc4c3OCC)S2)cc1F. The van der Waals surface area contributed by atoms with Gasteiger partial charge >= 0.3 is 5.97 Å². The first-order valence-corrected chi connectivity index (χ1v) is 13.3. The van der Waals surface area contributed by atoms with Crippen molar-refractivity contribution in [3.63, 3.8) is 0 Å². The number of carbonyl (C=O) groups excluding carboxylic acids is 1. The Hall–Kier alpha value is -3.85. The second-order valence-electron chi connectivity index (χ2n) is 8.57. The molecular formula is C29H29FN2O5S. The van der Waals surface area contributed by atoms with Gasteiger partial charge in [-0.05, 0) is 56.3 Å². The van der Waals surface area contributed by atoms with Crippen LogP contribution in [0.25, 0.3) is 16.8 Å². The maximum Gasteiger partial charge on any atom is 0.311 e. The van der Waals surface area contributed by atoms with Crippen molar-refractivity contribution in [1.29, 1.82) is 0 Å². The first kappa shape index (κ1) is 27.2. The van der Waals surface area contributed by atoms with Crippen molar-refractivity contribution in [3.05, 3.63) is 70.4 Å². The van der Waals surface area contributed by atoms with Gasteiger partial charge in [0.25, 0.3) is 5.91 Å². The average Bonchev–Trinajstić information content (AvgIpc) is 3.23. The number of amidine groups is 1. The summed E-state index contributed by atoms with van der Waals surface area (Å²) >= 11 is 1.13. The Morgan fingerprint density at radius 1 is 1.11 bits per heavy atom. The van der Waals surface area contributed by atoms with E-state index >= 15 is 0 Å². The third-order valence-corrected chi connectivity index (χ3v) is 6.89. The Balaban J connectivity index is 1.66. The van der Waals surface area contributed by atoms with Crippen LogP contribution in [0.4, 0.5) is 10.1 Å². The molecule has 0 saturated carbocycles. The monoisotopic (exact) mass is 536 g/mol. The molecule has 0 bridgehead atoms. The highest BCUT2D eigenvalue weighted by molar-refractivity contribution is 8.18.